The largest absolute Gasteiger partial charge is 0.383 e. The van der Waals surface area contributed by atoms with Crippen LogP contribution in [0.25, 0.3) is 5.69 Å². The fourth-order valence-corrected chi connectivity index (χ4v) is 2.00. The molecule has 22 heavy (non-hydrogen) atoms. The maximum atomic E-state index is 13.9. The van der Waals surface area contributed by atoms with Gasteiger partial charge in [0.05, 0.1) is 6.61 Å². The lowest BCUT2D eigenvalue weighted by Crippen LogP contribution is -2.27. The molecule has 0 unspecified atom stereocenters. The van der Waals surface area contributed by atoms with E-state index in [1.54, 1.807) is 14.0 Å². The van der Waals surface area contributed by atoms with E-state index in [-0.39, 0.29) is 23.4 Å². The van der Waals surface area contributed by atoms with Gasteiger partial charge < -0.3 is 10.1 Å². The maximum Gasteiger partial charge on any atom is 0.204 e. The Morgan fingerprint density at radius 3 is 2.64 bits per heavy atom. The Morgan fingerprint density at radius 1 is 1.32 bits per heavy atom. The molecule has 0 saturated heterocycles. The fourth-order valence-electron chi connectivity index (χ4n) is 2.00. The van der Waals surface area contributed by atoms with Crippen LogP contribution in [0.3, 0.4) is 0 Å². The third-order valence-corrected chi connectivity index (χ3v) is 3.10. The van der Waals surface area contributed by atoms with Gasteiger partial charge in [-0.05, 0) is 19.1 Å². The molecule has 7 heteroatoms. The van der Waals surface area contributed by atoms with E-state index in [0.717, 1.165) is 16.8 Å². The first-order valence-electron chi connectivity index (χ1n) is 6.78. The van der Waals surface area contributed by atoms with Gasteiger partial charge in [-0.25, -0.2) is 13.5 Å². The molecule has 0 aliphatic carbocycles. The van der Waals surface area contributed by atoms with E-state index in [4.69, 9.17) is 4.74 Å². The highest BCUT2D eigenvalue weighted by molar-refractivity contribution is 5.36. The Labute approximate surface area is 126 Å². The van der Waals surface area contributed by atoms with Crippen LogP contribution < -0.4 is 10.7 Å². The topological polar surface area (TPSA) is 56.1 Å². The van der Waals surface area contributed by atoms with Gasteiger partial charge in [-0.1, -0.05) is 6.07 Å². The Kier molecular flexibility index (Phi) is 5.35. The number of benzene rings is 1. The molecule has 0 amide bonds. The molecule has 2 aromatic rings. The summed E-state index contributed by atoms with van der Waals surface area (Å²) in [4.78, 5) is 11.9. The predicted molar refractivity (Wildman–Crippen MR) is 78.1 cm³/mol. The van der Waals surface area contributed by atoms with Crippen molar-refractivity contribution in [3.05, 3.63) is 57.5 Å². The predicted octanol–water partition coefficient (Wildman–Crippen LogP) is 1.56. The molecule has 0 fully saturated rings. The SMILES string of the molecule is COCCNCc1nn(-c2c(F)cccc2F)c(C)cc1=O. The lowest BCUT2D eigenvalue weighted by atomic mass is 10.2. The van der Waals surface area contributed by atoms with Crippen LogP contribution >= 0.6 is 0 Å². The van der Waals surface area contributed by atoms with E-state index in [1.165, 1.54) is 12.1 Å². The summed E-state index contributed by atoms with van der Waals surface area (Å²) in [5.74, 6) is -1.48. The summed E-state index contributed by atoms with van der Waals surface area (Å²) in [7, 11) is 1.57. The van der Waals surface area contributed by atoms with Crippen LogP contribution in [-0.4, -0.2) is 30.0 Å². The van der Waals surface area contributed by atoms with Gasteiger partial charge >= 0.3 is 0 Å². The van der Waals surface area contributed by atoms with Crippen molar-refractivity contribution in [2.24, 2.45) is 0 Å². The summed E-state index contributed by atoms with van der Waals surface area (Å²) in [6.45, 7) is 2.79. The van der Waals surface area contributed by atoms with Crippen molar-refractivity contribution in [2.45, 2.75) is 13.5 Å². The van der Waals surface area contributed by atoms with Crippen molar-refractivity contribution in [3.63, 3.8) is 0 Å². The molecule has 1 aromatic heterocycles. The Hall–Kier alpha value is -2.12. The molecule has 118 valence electrons. The minimum atomic E-state index is -0.738. The number of methoxy groups -OCH3 is 1. The number of ether oxygens (including phenoxy) is 1. The first kappa shape index (κ1) is 16.3. The molecule has 1 N–H and O–H groups in total. The number of aryl methyl sites for hydroxylation is 1. The monoisotopic (exact) mass is 309 g/mol. The summed E-state index contributed by atoms with van der Waals surface area (Å²) in [6.07, 6.45) is 0. The van der Waals surface area contributed by atoms with Gasteiger partial charge in [0, 0.05) is 32.0 Å². The molecule has 0 radical (unpaired) electrons. The second-order valence-corrected chi connectivity index (χ2v) is 4.75. The minimum Gasteiger partial charge on any atom is -0.383 e. The molecular weight excluding hydrogens is 292 g/mol. The highest BCUT2D eigenvalue weighted by Crippen LogP contribution is 2.17. The first-order chi connectivity index (χ1) is 10.5. The quantitative estimate of drug-likeness (QED) is 0.823. The van der Waals surface area contributed by atoms with Crippen molar-refractivity contribution in [1.82, 2.24) is 15.1 Å². The number of para-hydroxylation sites is 1. The summed E-state index contributed by atoms with van der Waals surface area (Å²) in [5.41, 5.74) is -0.0347. The summed E-state index contributed by atoms with van der Waals surface area (Å²) >= 11 is 0. The summed E-state index contributed by atoms with van der Waals surface area (Å²) < 4.78 is 33.8. The number of hydrogen-bond acceptors (Lipinski definition) is 4. The van der Waals surface area contributed by atoms with Gasteiger partial charge in [0.1, 0.15) is 11.4 Å². The third-order valence-electron chi connectivity index (χ3n) is 3.10. The maximum absolute atomic E-state index is 13.9. The molecule has 0 aliphatic rings. The van der Waals surface area contributed by atoms with E-state index in [0.29, 0.717) is 18.8 Å². The number of nitrogens with zero attached hydrogens (tertiary/aromatic N) is 2. The number of aromatic nitrogens is 2. The van der Waals surface area contributed by atoms with Gasteiger partial charge in [-0.2, -0.15) is 5.10 Å². The zero-order chi connectivity index (χ0) is 16.1. The molecular formula is C15H17F2N3O2. The van der Waals surface area contributed by atoms with E-state index in [9.17, 15) is 13.6 Å². The number of nitrogens with one attached hydrogen (secondary N) is 1. The van der Waals surface area contributed by atoms with Crippen molar-refractivity contribution < 1.29 is 13.5 Å². The standard InChI is InChI=1S/C15H17F2N3O2/c1-10-8-14(21)13(9-18-6-7-22-2)19-20(10)15-11(16)4-3-5-12(15)17/h3-5,8,18H,6-7,9H2,1-2H3. The Balaban J connectivity index is 2.38. The molecule has 1 heterocycles. The molecule has 2 rings (SSSR count). The lowest BCUT2D eigenvalue weighted by Gasteiger charge is -2.13. The third kappa shape index (κ3) is 3.55. The Bertz CT molecular complexity index is 696. The van der Waals surface area contributed by atoms with E-state index in [2.05, 4.69) is 10.4 Å². The highest BCUT2D eigenvalue weighted by Gasteiger charge is 2.14. The second-order valence-electron chi connectivity index (χ2n) is 4.75. The van der Waals surface area contributed by atoms with Crippen LogP contribution in [-0.2, 0) is 11.3 Å². The normalized spacial score (nSPS) is 10.9. The smallest absolute Gasteiger partial charge is 0.204 e. The van der Waals surface area contributed by atoms with Crippen LogP contribution in [0, 0.1) is 18.6 Å². The molecule has 1 aromatic carbocycles. The molecule has 0 saturated carbocycles. The number of rotatable bonds is 6. The average Bonchev–Trinajstić information content (AvgIpc) is 2.47. The van der Waals surface area contributed by atoms with Gasteiger partial charge in [0.15, 0.2) is 11.6 Å². The summed E-state index contributed by atoms with van der Waals surface area (Å²) in [6, 6.07) is 4.88. The van der Waals surface area contributed by atoms with Gasteiger partial charge in [0.25, 0.3) is 0 Å². The van der Waals surface area contributed by atoms with Gasteiger partial charge in [0.2, 0.25) is 5.43 Å². The van der Waals surface area contributed by atoms with E-state index >= 15 is 0 Å². The van der Waals surface area contributed by atoms with Crippen LogP contribution in [0.2, 0.25) is 0 Å². The van der Waals surface area contributed by atoms with Gasteiger partial charge in [-0.3, -0.25) is 4.79 Å². The number of hydrogen-bond donors (Lipinski definition) is 1. The highest BCUT2D eigenvalue weighted by atomic mass is 19.1. The van der Waals surface area contributed by atoms with E-state index < -0.39 is 11.6 Å². The van der Waals surface area contributed by atoms with Crippen LogP contribution in [0.15, 0.2) is 29.1 Å². The van der Waals surface area contributed by atoms with Crippen LogP contribution in [0.4, 0.5) is 8.78 Å². The minimum absolute atomic E-state index is 0.185. The molecule has 0 bridgehead atoms. The lowest BCUT2D eigenvalue weighted by molar-refractivity contribution is 0.199. The van der Waals surface area contributed by atoms with Crippen molar-refractivity contribution in [1.29, 1.82) is 0 Å². The zero-order valence-electron chi connectivity index (χ0n) is 12.4. The molecule has 0 atom stereocenters. The first-order valence-corrected chi connectivity index (χ1v) is 6.78. The zero-order valence-corrected chi connectivity index (χ0v) is 12.4. The average molecular weight is 309 g/mol. The van der Waals surface area contributed by atoms with Crippen LogP contribution in [0.1, 0.15) is 11.4 Å². The van der Waals surface area contributed by atoms with E-state index in [1.807, 2.05) is 0 Å². The van der Waals surface area contributed by atoms with Crippen molar-refractivity contribution >= 4 is 0 Å². The van der Waals surface area contributed by atoms with Crippen molar-refractivity contribution in [2.75, 3.05) is 20.3 Å². The van der Waals surface area contributed by atoms with Gasteiger partial charge in [-0.15, -0.1) is 0 Å². The van der Waals surface area contributed by atoms with Crippen molar-refractivity contribution in [3.8, 4) is 5.69 Å². The molecule has 0 aliphatic heterocycles. The molecule has 0 spiro atoms. The summed E-state index contributed by atoms with van der Waals surface area (Å²) in [5, 5.41) is 7.06. The van der Waals surface area contributed by atoms with Crippen LogP contribution in [0.5, 0.6) is 0 Å². The number of halogens is 2. The fraction of sp³-hybridized carbons (Fsp3) is 0.333. The molecule has 5 nitrogen and oxygen atoms in total. The Morgan fingerprint density at radius 2 is 2.00 bits per heavy atom. The second kappa shape index (κ2) is 7.24.